The number of alkyl halides is 1. The minimum atomic E-state index is -0.916. The third-order valence-electron chi connectivity index (χ3n) is 4.51. The van der Waals surface area contributed by atoms with Gasteiger partial charge in [-0.05, 0) is 39.8 Å². The van der Waals surface area contributed by atoms with Crippen LogP contribution in [0, 0.1) is 11.8 Å². The molecular formula is C30H53ClO19. The third kappa shape index (κ3) is 42.4. The molecule has 0 fully saturated rings. The monoisotopic (exact) mass is 752 g/mol. The second kappa shape index (κ2) is 33.9. The second-order valence-corrected chi connectivity index (χ2v) is 10.9. The van der Waals surface area contributed by atoms with Crippen LogP contribution in [0.3, 0.4) is 0 Å². The van der Waals surface area contributed by atoms with Gasteiger partial charge in [0.2, 0.25) is 0 Å². The van der Waals surface area contributed by atoms with Gasteiger partial charge < -0.3 is 58.0 Å². The molecule has 19 nitrogen and oxygen atoms in total. The van der Waals surface area contributed by atoms with Crippen molar-refractivity contribution in [3.63, 3.8) is 0 Å². The van der Waals surface area contributed by atoms with Crippen LogP contribution in [0.2, 0.25) is 0 Å². The van der Waals surface area contributed by atoms with Gasteiger partial charge in [-0.2, -0.15) is 0 Å². The maximum atomic E-state index is 11.0. The van der Waals surface area contributed by atoms with E-state index in [4.69, 9.17) is 41.7 Å². The number of esters is 1. The summed E-state index contributed by atoms with van der Waals surface area (Å²) in [6.07, 6.45) is -3.33. The van der Waals surface area contributed by atoms with E-state index in [2.05, 4.69) is 38.0 Å². The summed E-state index contributed by atoms with van der Waals surface area (Å²) in [5.74, 6) is 0.0799. The van der Waals surface area contributed by atoms with Crippen LogP contribution in [0.25, 0.3) is 0 Å². The first kappa shape index (κ1) is 50.8. The van der Waals surface area contributed by atoms with Gasteiger partial charge >= 0.3 is 30.6 Å². The molecule has 0 aromatic heterocycles. The van der Waals surface area contributed by atoms with Gasteiger partial charge in [-0.1, -0.05) is 13.8 Å². The van der Waals surface area contributed by atoms with E-state index in [0.717, 1.165) is 0 Å². The average Bonchev–Trinajstić information content (AvgIpc) is 3.06. The Hall–Kier alpha value is -3.62. The summed E-state index contributed by atoms with van der Waals surface area (Å²) < 4.78 is 41.6. The van der Waals surface area contributed by atoms with E-state index >= 15 is 0 Å². The standard InChI is InChI=1S/C12H20O9.C10H18O6.C8H15ClO4/c1-9(13)7-19-11(14)17-5-3-4-6-18-12(15)20-8-10(2)21-16;1-7(4-14-9(3)12)5-15-10(13)16-6-8(2)11;1-6(3-9)4-12-8(11)13-5-7(2)10/h3-4,9-10,13,16H,5-8H2,1-2H3;7-8,11H,4-6H2,1-3H3;6-7,10H,3-5H2,1-2H3/b4-3+;;. The number of rotatable bonds is 20. The molecule has 6 unspecified atom stereocenters. The zero-order valence-electron chi connectivity index (χ0n) is 29.5. The zero-order valence-corrected chi connectivity index (χ0v) is 30.2. The van der Waals surface area contributed by atoms with Gasteiger partial charge in [-0.25, -0.2) is 24.1 Å². The van der Waals surface area contributed by atoms with E-state index in [9.17, 15) is 24.0 Å². The predicted octanol–water partition coefficient (Wildman–Crippen LogP) is 3.22. The molecule has 0 saturated heterocycles. The first-order valence-electron chi connectivity index (χ1n) is 15.3. The van der Waals surface area contributed by atoms with Crippen molar-refractivity contribution < 1.29 is 92.1 Å². The Labute approximate surface area is 296 Å². The summed E-state index contributed by atoms with van der Waals surface area (Å²) in [6.45, 7) is 10.9. The summed E-state index contributed by atoms with van der Waals surface area (Å²) in [5, 5.41) is 34.7. The van der Waals surface area contributed by atoms with Crippen LogP contribution in [0.4, 0.5) is 19.2 Å². The van der Waals surface area contributed by atoms with E-state index < -0.39 is 49.0 Å². The number of hydrogen-bond acceptors (Lipinski definition) is 19. The van der Waals surface area contributed by atoms with Gasteiger partial charge in [0.1, 0.15) is 52.4 Å². The lowest BCUT2D eigenvalue weighted by Gasteiger charge is -2.12. The van der Waals surface area contributed by atoms with Crippen molar-refractivity contribution in [3.05, 3.63) is 12.2 Å². The molecule has 0 aromatic rings. The molecule has 20 heteroatoms. The topological polar surface area (TPSA) is 259 Å². The van der Waals surface area contributed by atoms with Crippen molar-refractivity contribution >= 4 is 42.2 Å². The molecule has 0 spiro atoms. The van der Waals surface area contributed by atoms with Gasteiger partial charge in [-0.3, -0.25) is 10.1 Å². The predicted molar refractivity (Wildman–Crippen MR) is 172 cm³/mol. The second-order valence-electron chi connectivity index (χ2n) is 10.6. The Kier molecular flexibility index (Phi) is 34.4. The van der Waals surface area contributed by atoms with Gasteiger partial charge in [0.25, 0.3) is 0 Å². The van der Waals surface area contributed by atoms with E-state index in [-0.39, 0.29) is 77.3 Å². The first-order chi connectivity index (χ1) is 23.4. The van der Waals surface area contributed by atoms with Crippen LogP contribution in [-0.4, -0.2) is 141 Å². The molecule has 0 rings (SSSR count). The maximum absolute atomic E-state index is 11.0. The number of carbonyl (C=O) groups is 5. The van der Waals surface area contributed by atoms with Gasteiger partial charge in [0.05, 0.1) is 31.5 Å². The van der Waals surface area contributed by atoms with Crippen molar-refractivity contribution in [2.24, 2.45) is 11.8 Å². The van der Waals surface area contributed by atoms with Crippen molar-refractivity contribution in [2.75, 3.05) is 65.3 Å². The van der Waals surface area contributed by atoms with E-state index in [0.29, 0.717) is 5.88 Å². The third-order valence-corrected chi connectivity index (χ3v) is 5.04. The number of hydrogen-bond donors (Lipinski definition) is 4. The van der Waals surface area contributed by atoms with Gasteiger partial charge in [-0.15, -0.1) is 11.6 Å². The number of aliphatic hydroxyl groups excluding tert-OH is 3. The molecule has 6 atom stereocenters. The molecule has 0 heterocycles. The Bertz CT molecular complexity index is 928. The van der Waals surface area contributed by atoms with Crippen LogP contribution in [-0.2, 0) is 52.3 Å². The molecule has 0 radical (unpaired) electrons. The number of halogens is 1. The fourth-order valence-corrected chi connectivity index (χ4v) is 2.18. The molecule has 0 aliphatic carbocycles. The summed E-state index contributed by atoms with van der Waals surface area (Å²) in [6, 6.07) is 0. The fourth-order valence-electron chi connectivity index (χ4n) is 2.09. The van der Waals surface area contributed by atoms with Crippen LogP contribution < -0.4 is 0 Å². The highest BCUT2D eigenvalue weighted by atomic mass is 35.5. The average molecular weight is 753 g/mol. The Morgan fingerprint density at radius 3 is 1.18 bits per heavy atom. The SMILES string of the molecule is CC(=O)OCC(C)COC(=O)OCC(C)O.CC(O)COC(=O)OC/C=C/COC(=O)OCC(C)OO.CC(O)COC(=O)OCC(C)CCl. The lowest BCUT2D eigenvalue weighted by Crippen LogP contribution is -2.20. The van der Waals surface area contributed by atoms with E-state index in [1.807, 2.05) is 6.92 Å². The van der Waals surface area contributed by atoms with Crippen LogP contribution in [0.1, 0.15) is 48.5 Å². The largest absolute Gasteiger partial charge is 0.508 e. The molecule has 0 aliphatic heterocycles. The maximum Gasteiger partial charge on any atom is 0.508 e. The molecule has 0 bridgehead atoms. The molecule has 0 saturated carbocycles. The quantitative estimate of drug-likeness (QED) is 0.0347. The fraction of sp³-hybridized carbons (Fsp3) is 0.767. The van der Waals surface area contributed by atoms with E-state index in [1.54, 1.807) is 6.92 Å². The van der Waals surface area contributed by atoms with Crippen molar-refractivity contribution in [3.8, 4) is 0 Å². The smallest absolute Gasteiger partial charge is 0.465 e. The Balaban J connectivity index is -0.000000684. The minimum absolute atomic E-state index is 0.0475. The number of aliphatic hydroxyl groups is 3. The van der Waals surface area contributed by atoms with Gasteiger partial charge in [0.15, 0.2) is 0 Å². The van der Waals surface area contributed by atoms with E-state index in [1.165, 1.54) is 46.8 Å². The number of ether oxygens (including phenoxy) is 9. The molecule has 4 N–H and O–H groups in total. The molecular weight excluding hydrogens is 700 g/mol. The molecule has 0 aliphatic rings. The van der Waals surface area contributed by atoms with Crippen molar-refractivity contribution in [2.45, 2.75) is 72.9 Å². The summed E-state index contributed by atoms with van der Waals surface area (Å²) in [7, 11) is 0. The molecule has 50 heavy (non-hydrogen) atoms. The summed E-state index contributed by atoms with van der Waals surface area (Å²) >= 11 is 5.49. The van der Waals surface area contributed by atoms with Crippen molar-refractivity contribution in [1.29, 1.82) is 0 Å². The number of carbonyl (C=O) groups excluding carboxylic acids is 5. The summed E-state index contributed by atoms with van der Waals surface area (Å²) in [4.78, 5) is 58.0. The summed E-state index contributed by atoms with van der Waals surface area (Å²) in [5.41, 5.74) is 0. The highest BCUT2D eigenvalue weighted by molar-refractivity contribution is 6.18. The lowest BCUT2D eigenvalue weighted by molar-refractivity contribution is -0.280. The highest BCUT2D eigenvalue weighted by Gasteiger charge is 2.11. The minimum Gasteiger partial charge on any atom is -0.465 e. The van der Waals surface area contributed by atoms with Gasteiger partial charge in [0, 0.05) is 24.6 Å². The Morgan fingerprint density at radius 1 is 0.520 bits per heavy atom. The highest BCUT2D eigenvalue weighted by Crippen LogP contribution is 2.01. The lowest BCUT2D eigenvalue weighted by atomic mass is 10.2. The normalized spacial score (nSPS) is 13.9. The molecule has 294 valence electrons. The zero-order chi connectivity index (χ0) is 38.9. The molecule has 0 amide bonds. The Morgan fingerprint density at radius 2 is 0.840 bits per heavy atom. The van der Waals surface area contributed by atoms with Crippen LogP contribution in [0.5, 0.6) is 0 Å². The first-order valence-corrected chi connectivity index (χ1v) is 15.8. The van der Waals surface area contributed by atoms with Crippen molar-refractivity contribution in [1.82, 2.24) is 0 Å². The molecule has 0 aromatic carbocycles. The van der Waals surface area contributed by atoms with Crippen LogP contribution >= 0.6 is 11.6 Å². The van der Waals surface area contributed by atoms with Crippen LogP contribution in [0.15, 0.2) is 12.2 Å².